The van der Waals surface area contributed by atoms with Crippen LogP contribution in [0.15, 0.2) is 41.1 Å². The molecule has 0 saturated carbocycles. The van der Waals surface area contributed by atoms with E-state index in [4.69, 9.17) is 0 Å². The van der Waals surface area contributed by atoms with Crippen molar-refractivity contribution < 1.29 is 9.18 Å². The molecule has 0 radical (unpaired) electrons. The van der Waals surface area contributed by atoms with E-state index in [0.717, 1.165) is 0 Å². The van der Waals surface area contributed by atoms with Gasteiger partial charge in [-0.15, -0.1) is 0 Å². The molecule has 18 heavy (non-hydrogen) atoms. The lowest BCUT2D eigenvalue weighted by Crippen LogP contribution is -2.13. The molecule has 0 fully saturated rings. The van der Waals surface area contributed by atoms with Crippen LogP contribution in [0.3, 0.4) is 0 Å². The van der Waals surface area contributed by atoms with Gasteiger partial charge in [-0.3, -0.25) is 4.79 Å². The Morgan fingerprint density at radius 1 is 1.39 bits per heavy atom. The maximum absolute atomic E-state index is 13.3. The van der Waals surface area contributed by atoms with Crippen molar-refractivity contribution in [2.24, 2.45) is 0 Å². The number of carbonyl (C=O) groups is 1. The van der Waals surface area contributed by atoms with Crippen molar-refractivity contribution in [1.82, 2.24) is 4.98 Å². The second-order valence-electron chi connectivity index (χ2n) is 3.73. The highest BCUT2D eigenvalue weighted by molar-refractivity contribution is 9.10. The maximum atomic E-state index is 13.3. The maximum Gasteiger partial charge on any atom is 0.255 e. The monoisotopic (exact) mass is 308 g/mol. The molecule has 92 valence electrons. The molecule has 0 aliphatic rings. The van der Waals surface area contributed by atoms with E-state index in [1.54, 1.807) is 31.2 Å². The van der Waals surface area contributed by atoms with E-state index in [1.165, 1.54) is 12.3 Å². The average Bonchev–Trinajstić information content (AvgIpc) is 2.35. The van der Waals surface area contributed by atoms with E-state index in [1.807, 2.05) is 0 Å². The Kier molecular flexibility index (Phi) is 3.72. The number of anilines is 1. The molecule has 0 atom stereocenters. The van der Waals surface area contributed by atoms with Crippen molar-refractivity contribution in [2.75, 3.05) is 5.32 Å². The lowest BCUT2D eigenvalue weighted by atomic mass is 10.1. The van der Waals surface area contributed by atoms with E-state index in [9.17, 15) is 9.18 Å². The fraction of sp³-hybridized carbons (Fsp3) is 0.0769. The number of halogens is 2. The normalized spacial score (nSPS) is 10.2. The van der Waals surface area contributed by atoms with Gasteiger partial charge in [-0.05, 0) is 47.1 Å². The van der Waals surface area contributed by atoms with Crippen LogP contribution in [-0.2, 0) is 0 Å². The van der Waals surface area contributed by atoms with Crippen LogP contribution in [-0.4, -0.2) is 10.9 Å². The van der Waals surface area contributed by atoms with Gasteiger partial charge < -0.3 is 5.32 Å². The largest absolute Gasteiger partial charge is 0.322 e. The summed E-state index contributed by atoms with van der Waals surface area (Å²) in [5.74, 6) is -0.643. The molecule has 1 amide bonds. The number of hydrogen-bond donors (Lipinski definition) is 1. The highest BCUT2D eigenvalue weighted by atomic mass is 79.9. The van der Waals surface area contributed by atoms with Crippen molar-refractivity contribution >= 4 is 27.5 Å². The Bertz CT molecular complexity index is 601. The first-order valence-electron chi connectivity index (χ1n) is 5.26. The Hall–Kier alpha value is -1.75. The lowest BCUT2D eigenvalue weighted by Gasteiger charge is -2.08. The van der Waals surface area contributed by atoms with Gasteiger partial charge in [0.2, 0.25) is 0 Å². The summed E-state index contributed by atoms with van der Waals surface area (Å²) < 4.78 is 13.9. The summed E-state index contributed by atoms with van der Waals surface area (Å²) in [5.41, 5.74) is 1.34. The summed E-state index contributed by atoms with van der Waals surface area (Å²) in [7, 11) is 0. The first kappa shape index (κ1) is 12.7. The molecule has 1 heterocycles. The minimum Gasteiger partial charge on any atom is -0.322 e. The number of pyridine rings is 1. The molecule has 2 aromatic rings. The molecule has 0 aliphatic carbocycles. The van der Waals surface area contributed by atoms with Gasteiger partial charge in [-0.2, -0.15) is 0 Å². The predicted molar refractivity (Wildman–Crippen MR) is 71.0 cm³/mol. The van der Waals surface area contributed by atoms with E-state index in [2.05, 4.69) is 26.2 Å². The summed E-state index contributed by atoms with van der Waals surface area (Å²) in [6, 6.07) is 7.76. The second-order valence-corrected chi connectivity index (χ2v) is 4.55. The molecule has 0 saturated heterocycles. The smallest absolute Gasteiger partial charge is 0.255 e. The number of nitrogens with zero attached hydrogens (tertiary/aromatic N) is 1. The van der Waals surface area contributed by atoms with Crippen molar-refractivity contribution in [3.63, 3.8) is 0 Å². The lowest BCUT2D eigenvalue weighted by molar-refractivity contribution is 0.102. The quantitative estimate of drug-likeness (QED) is 0.862. The Balaban J connectivity index is 2.24. The van der Waals surface area contributed by atoms with E-state index >= 15 is 0 Å². The van der Waals surface area contributed by atoms with Gasteiger partial charge in [-0.1, -0.05) is 6.07 Å². The molecular weight excluding hydrogens is 299 g/mol. The molecule has 0 aliphatic heterocycles. The molecule has 5 heteroatoms. The highest BCUT2D eigenvalue weighted by Gasteiger charge is 2.09. The molecule has 0 unspecified atom stereocenters. The summed E-state index contributed by atoms with van der Waals surface area (Å²) in [6.07, 6.45) is 1.53. The van der Waals surface area contributed by atoms with Crippen LogP contribution in [0.1, 0.15) is 15.9 Å². The van der Waals surface area contributed by atoms with Crippen LogP contribution >= 0.6 is 15.9 Å². The van der Waals surface area contributed by atoms with Gasteiger partial charge >= 0.3 is 0 Å². The number of aromatic nitrogens is 1. The minimum absolute atomic E-state index is 0.299. The van der Waals surface area contributed by atoms with Crippen LogP contribution in [0.2, 0.25) is 0 Å². The van der Waals surface area contributed by atoms with Crippen molar-refractivity contribution in [3.8, 4) is 0 Å². The Morgan fingerprint density at radius 3 is 2.89 bits per heavy atom. The average molecular weight is 309 g/mol. The zero-order valence-electron chi connectivity index (χ0n) is 9.58. The second kappa shape index (κ2) is 5.27. The highest BCUT2D eigenvalue weighted by Crippen LogP contribution is 2.18. The van der Waals surface area contributed by atoms with Crippen molar-refractivity contribution in [3.05, 3.63) is 58.1 Å². The third-order valence-corrected chi connectivity index (χ3v) is 2.94. The number of benzene rings is 1. The van der Waals surface area contributed by atoms with Crippen LogP contribution in [0.5, 0.6) is 0 Å². The Morgan fingerprint density at radius 2 is 2.17 bits per heavy atom. The topological polar surface area (TPSA) is 42.0 Å². The van der Waals surface area contributed by atoms with Crippen LogP contribution in [0.25, 0.3) is 0 Å². The molecular formula is C13H10BrFN2O. The van der Waals surface area contributed by atoms with Gasteiger partial charge in [0.15, 0.2) is 0 Å². The third kappa shape index (κ3) is 2.73. The summed E-state index contributed by atoms with van der Waals surface area (Å²) >= 11 is 3.19. The van der Waals surface area contributed by atoms with Gasteiger partial charge in [0.1, 0.15) is 10.4 Å². The number of nitrogens with one attached hydrogen (secondary N) is 1. The fourth-order valence-electron chi connectivity index (χ4n) is 1.48. The van der Waals surface area contributed by atoms with E-state index in [0.29, 0.717) is 21.4 Å². The summed E-state index contributed by atoms with van der Waals surface area (Å²) in [6.45, 7) is 1.62. The van der Waals surface area contributed by atoms with Crippen LogP contribution in [0.4, 0.5) is 10.1 Å². The first-order chi connectivity index (χ1) is 8.58. The molecule has 1 aromatic heterocycles. The SMILES string of the molecule is Cc1c(F)cccc1NC(=O)c1ccnc(Br)c1. The third-order valence-electron chi connectivity index (χ3n) is 2.50. The number of amides is 1. The molecule has 2 rings (SSSR count). The zero-order chi connectivity index (χ0) is 13.1. The van der Waals surface area contributed by atoms with E-state index < -0.39 is 0 Å². The molecule has 0 spiro atoms. The van der Waals surface area contributed by atoms with Gasteiger partial charge in [0, 0.05) is 23.0 Å². The zero-order valence-corrected chi connectivity index (χ0v) is 11.2. The molecule has 1 N–H and O–H groups in total. The Labute approximate surface area is 112 Å². The number of rotatable bonds is 2. The van der Waals surface area contributed by atoms with Gasteiger partial charge in [-0.25, -0.2) is 9.37 Å². The van der Waals surface area contributed by atoms with Gasteiger partial charge in [0.05, 0.1) is 0 Å². The molecule has 1 aromatic carbocycles. The standard InChI is InChI=1S/C13H10BrFN2O/c1-8-10(15)3-2-4-11(8)17-13(18)9-5-6-16-12(14)7-9/h2-7H,1H3,(H,17,18). The predicted octanol–water partition coefficient (Wildman–Crippen LogP) is 3.54. The minimum atomic E-state index is -0.344. The van der Waals surface area contributed by atoms with Crippen molar-refractivity contribution in [1.29, 1.82) is 0 Å². The summed E-state index contributed by atoms with van der Waals surface area (Å²) in [4.78, 5) is 15.9. The first-order valence-corrected chi connectivity index (χ1v) is 6.05. The number of carbonyl (C=O) groups excluding carboxylic acids is 1. The number of hydrogen-bond acceptors (Lipinski definition) is 2. The fourth-order valence-corrected chi connectivity index (χ4v) is 1.85. The van der Waals surface area contributed by atoms with Crippen LogP contribution < -0.4 is 5.32 Å². The van der Waals surface area contributed by atoms with E-state index in [-0.39, 0.29) is 11.7 Å². The summed E-state index contributed by atoms with van der Waals surface area (Å²) in [5, 5.41) is 2.67. The molecule has 3 nitrogen and oxygen atoms in total. The van der Waals surface area contributed by atoms with Crippen molar-refractivity contribution in [2.45, 2.75) is 6.92 Å². The van der Waals surface area contributed by atoms with Crippen LogP contribution in [0, 0.1) is 12.7 Å². The van der Waals surface area contributed by atoms with Gasteiger partial charge in [0.25, 0.3) is 5.91 Å². The molecule has 0 bridgehead atoms.